The van der Waals surface area contributed by atoms with Crippen molar-refractivity contribution in [2.45, 2.75) is 19.4 Å². The average Bonchev–Trinajstić information content (AvgIpc) is 2.60. The zero-order valence-electron chi connectivity index (χ0n) is 13.4. The number of nitrogens with one attached hydrogen (secondary N) is 1. The third-order valence-corrected chi connectivity index (χ3v) is 3.32. The van der Waals surface area contributed by atoms with Gasteiger partial charge in [0.15, 0.2) is 17.7 Å². The predicted octanol–water partition coefficient (Wildman–Crippen LogP) is 3.41. The third kappa shape index (κ3) is 4.32. The molecule has 0 aliphatic heterocycles. The Balaban J connectivity index is 2.09. The number of benzene rings is 2. The van der Waals surface area contributed by atoms with Crippen LogP contribution in [0.4, 0.5) is 10.1 Å². The number of amides is 1. The Labute approximate surface area is 139 Å². The molecule has 1 amide bonds. The second-order valence-corrected chi connectivity index (χ2v) is 5.01. The van der Waals surface area contributed by atoms with E-state index in [4.69, 9.17) is 4.74 Å². The van der Waals surface area contributed by atoms with Crippen LogP contribution in [0.2, 0.25) is 0 Å². The van der Waals surface area contributed by atoms with E-state index < -0.39 is 23.8 Å². The molecule has 6 heteroatoms. The van der Waals surface area contributed by atoms with Gasteiger partial charge in [-0.25, -0.2) is 9.18 Å². The van der Waals surface area contributed by atoms with Crippen molar-refractivity contribution in [3.8, 4) is 5.75 Å². The Bertz CT molecular complexity index is 732. The molecule has 0 aliphatic rings. The van der Waals surface area contributed by atoms with E-state index >= 15 is 0 Å². The van der Waals surface area contributed by atoms with E-state index in [2.05, 4.69) is 10.1 Å². The molecule has 5 nitrogen and oxygen atoms in total. The standard InChI is InChI=1S/C18H18FNO4/c1-3-15(24-16-10-5-4-9-14(16)19)17(21)20-13-8-6-7-12(11-13)18(22)23-2/h4-11,15H,3H2,1-2H3,(H,20,21)/t15-/m0/s1. The molecule has 0 unspecified atom stereocenters. The summed E-state index contributed by atoms with van der Waals surface area (Å²) in [5.74, 6) is -1.44. The molecule has 0 heterocycles. The van der Waals surface area contributed by atoms with E-state index in [1.807, 2.05) is 0 Å². The molecule has 2 rings (SSSR count). The van der Waals surface area contributed by atoms with Crippen molar-refractivity contribution in [2.75, 3.05) is 12.4 Å². The summed E-state index contributed by atoms with van der Waals surface area (Å²) >= 11 is 0. The molecule has 2 aromatic rings. The zero-order valence-corrected chi connectivity index (χ0v) is 13.4. The molecule has 24 heavy (non-hydrogen) atoms. The second kappa shape index (κ2) is 8.10. The van der Waals surface area contributed by atoms with Gasteiger partial charge in [-0.05, 0) is 36.8 Å². The van der Waals surface area contributed by atoms with Gasteiger partial charge < -0.3 is 14.8 Å². The lowest BCUT2D eigenvalue weighted by Gasteiger charge is -2.17. The first-order valence-corrected chi connectivity index (χ1v) is 7.45. The molecule has 0 saturated carbocycles. The van der Waals surface area contributed by atoms with E-state index in [0.29, 0.717) is 17.7 Å². The summed E-state index contributed by atoms with van der Waals surface area (Å²) in [5, 5.41) is 2.66. The van der Waals surface area contributed by atoms with Crippen molar-refractivity contribution in [3.05, 3.63) is 59.9 Å². The van der Waals surface area contributed by atoms with Crippen molar-refractivity contribution in [1.29, 1.82) is 0 Å². The van der Waals surface area contributed by atoms with Crippen LogP contribution in [0.5, 0.6) is 5.75 Å². The molecule has 0 fully saturated rings. The Kier molecular flexibility index (Phi) is 5.89. The number of carbonyl (C=O) groups is 2. The van der Waals surface area contributed by atoms with Gasteiger partial charge in [-0.1, -0.05) is 25.1 Å². The molecular formula is C18H18FNO4. The minimum atomic E-state index is -0.858. The van der Waals surface area contributed by atoms with E-state index in [9.17, 15) is 14.0 Å². The van der Waals surface area contributed by atoms with Crippen molar-refractivity contribution >= 4 is 17.6 Å². The summed E-state index contributed by atoms with van der Waals surface area (Å²) in [4.78, 5) is 23.9. The molecule has 1 atom stereocenters. The fourth-order valence-electron chi connectivity index (χ4n) is 2.08. The minimum absolute atomic E-state index is 0.0165. The van der Waals surface area contributed by atoms with Gasteiger partial charge in [-0.15, -0.1) is 0 Å². The molecule has 0 bridgehead atoms. The predicted molar refractivity (Wildman–Crippen MR) is 87.5 cm³/mol. The summed E-state index contributed by atoms with van der Waals surface area (Å²) in [6.45, 7) is 1.76. The number of para-hydroxylation sites is 1. The Morgan fingerprint density at radius 2 is 1.92 bits per heavy atom. The number of halogens is 1. The normalized spacial score (nSPS) is 11.5. The molecule has 0 aliphatic carbocycles. The van der Waals surface area contributed by atoms with Crippen LogP contribution in [0, 0.1) is 5.82 Å². The number of rotatable bonds is 6. The van der Waals surface area contributed by atoms with Crippen LogP contribution < -0.4 is 10.1 Å². The quantitative estimate of drug-likeness (QED) is 0.824. The lowest BCUT2D eigenvalue weighted by molar-refractivity contribution is -0.122. The SMILES string of the molecule is CC[C@H](Oc1ccccc1F)C(=O)Nc1cccc(C(=O)OC)c1. The van der Waals surface area contributed by atoms with Gasteiger partial charge in [-0.3, -0.25) is 4.79 Å². The van der Waals surface area contributed by atoms with Crippen LogP contribution in [0.15, 0.2) is 48.5 Å². The molecule has 1 N–H and O–H groups in total. The fourth-order valence-corrected chi connectivity index (χ4v) is 2.08. The van der Waals surface area contributed by atoms with E-state index in [1.165, 1.54) is 25.3 Å². The van der Waals surface area contributed by atoms with Gasteiger partial charge in [0, 0.05) is 5.69 Å². The molecular weight excluding hydrogens is 313 g/mol. The highest BCUT2D eigenvalue weighted by molar-refractivity contribution is 5.96. The molecule has 2 aromatic carbocycles. The van der Waals surface area contributed by atoms with Gasteiger partial charge >= 0.3 is 5.97 Å². The van der Waals surface area contributed by atoms with Crippen molar-refractivity contribution < 1.29 is 23.5 Å². The Morgan fingerprint density at radius 1 is 1.17 bits per heavy atom. The third-order valence-electron chi connectivity index (χ3n) is 3.32. The van der Waals surface area contributed by atoms with Crippen LogP contribution >= 0.6 is 0 Å². The van der Waals surface area contributed by atoms with Gasteiger partial charge in [0.05, 0.1) is 12.7 Å². The van der Waals surface area contributed by atoms with Gasteiger partial charge in [0.2, 0.25) is 0 Å². The molecule has 0 radical (unpaired) electrons. The van der Waals surface area contributed by atoms with Crippen molar-refractivity contribution in [3.63, 3.8) is 0 Å². The first kappa shape index (κ1) is 17.5. The summed E-state index contributed by atoms with van der Waals surface area (Å²) in [6.07, 6.45) is -0.500. The first-order valence-electron chi connectivity index (χ1n) is 7.45. The lowest BCUT2D eigenvalue weighted by Crippen LogP contribution is -2.32. The van der Waals surface area contributed by atoms with Gasteiger partial charge in [0.1, 0.15) is 0 Å². The summed E-state index contributed by atoms with van der Waals surface area (Å²) in [6, 6.07) is 12.2. The molecule has 0 aromatic heterocycles. The monoisotopic (exact) mass is 331 g/mol. The van der Waals surface area contributed by atoms with Gasteiger partial charge in [0.25, 0.3) is 5.91 Å². The number of carbonyl (C=O) groups excluding carboxylic acids is 2. The van der Waals surface area contributed by atoms with Crippen LogP contribution in [-0.4, -0.2) is 25.1 Å². The Morgan fingerprint density at radius 3 is 2.58 bits per heavy atom. The van der Waals surface area contributed by atoms with Crippen LogP contribution in [0.3, 0.4) is 0 Å². The number of ether oxygens (including phenoxy) is 2. The molecule has 126 valence electrons. The van der Waals surface area contributed by atoms with Crippen molar-refractivity contribution in [2.24, 2.45) is 0 Å². The topological polar surface area (TPSA) is 64.6 Å². The number of hydrogen-bond acceptors (Lipinski definition) is 4. The Hall–Kier alpha value is -2.89. The largest absolute Gasteiger partial charge is 0.478 e. The van der Waals surface area contributed by atoms with Crippen molar-refractivity contribution in [1.82, 2.24) is 0 Å². The van der Waals surface area contributed by atoms with E-state index in [0.717, 1.165) is 0 Å². The van der Waals surface area contributed by atoms with Crippen LogP contribution in [-0.2, 0) is 9.53 Å². The number of esters is 1. The highest BCUT2D eigenvalue weighted by Crippen LogP contribution is 2.19. The highest BCUT2D eigenvalue weighted by atomic mass is 19.1. The summed E-state index contributed by atoms with van der Waals surface area (Å²) < 4.78 is 23.7. The maximum absolute atomic E-state index is 13.6. The van der Waals surface area contributed by atoms with Crippen LogP contribution in [0.25, 0.3) is 0 Å². The molecule has 0 saturated heterocycles. The molecule has 0 spiro atoms. The van der Waals surface area contributed by atoms with Gasteiger partial charge in [-0.2, -0.15) is 0 Å². The lowest BCUT2D eigenvalue weighted by atomic mass is 10.2. The number of anilines is 1. The average molecular weight is 331 g/mol. The maximum atomic E-state index is 13.6. The van der Waals surface area contributed by atoms with E-state index in [1.54, 1.807) is 37.3 Å². The fraction of sp³-hybridized carbons (Fsp3) is 0.222. The number of hydrogen-bond donors (Lipinski definition) is 1. The summed E-state index contributed by atoms with van der Waals surface area (Å²) in [5.41, 5.74) is 0.747. The first-order chi connectivity index (χ1) is 11.5. The summed E-state index contributed by atoms with van der Waals surface area (Å²) in [7, 11) is 1.28. The second-order valence-electron chi connectivity index (χ2n) is 5.01. The zero-order chi connectivity index (χ0) is 17.5. The highest BCUT2D eigenvalue weighted by Gasteiger charge is 2.20. The van der Waals surface area contributed by atoms with E-state index in [-0.39, 0.29) is 5.75 Å². The number of methoxy groups -OCH3 is 1. The van der Waals surface area contributed by atoms with Crippen LogP contribution in [0.1, 0.15) is 23.7 Å². The minimum Gasteiger partial charge on any atom is -0.478 e. The smallest absolute Gasteiger partial charge is 0.337 e. The maximum Gasteiger partial charge on any atom is 0.337 e.